The number of nitrogens with two attached hydrogens (primary N) is 1. The highest BCUT2D eigenvalue weighted by molar-refractivity contribution is 5.85. The van der Waals surface area contributed by atoms with Crippen LogP contribution in [-0.2, 0) is 4.79 Å². The van der Waals surface area contributed by atoms with Gasteiger partial charge >= 0.3 is 0 Å². The first-order valence-corrected chi connectivity index (χ1v) is 7.52. The average molecular weight is 313 g/mol. The fourth-order valence-corrected chi connectivity index (χ4v) is 2.54. The molecular formula is C16H25ClN2O2. The van der Waals surface area contributed by atoms with Crippen LogP contribution >= 0.6 is 12.4 Å². The van der Waals surface area contributed by atoms with E-state index >= 15 is 0 Å². The lowest BCUT2D eigenvalue weighted by Crippen LogP contribution is -2.31. The van der Waals surface area contributed by atoms with Crippen molar-refractivity contribution >= 4 is 18.3 Å². The Labute approximate surface area is 132 Å². The first-order valence-electron chi connectivity index (χ1n) is 7.52. The zero-order chi connectivity index (χ0) is 14.2. The molecule has 0 radical (unpaired) electrons. The molecule has 1 aliphatic rings. The lowest BCUT2D eigenvalue weighted by atomic mass is 10.0. The van der Waals surface area contributed by atoms with Gasteiger partial charge in [-0.3, -0.25) is 4.79 Å². The number of amides is 1. The van der Waals surface area contributed by atoms with E-state index in [9.17, 15) is 4.79 Å². The summed E-state index contributed by atoms with van der Waals surface area (Å²) in [6.07, 6.45) is 5.63. The molecule has 0 saturated carbocycles. The highest BCUT2D eigenvalue weighted by Gasteiger charge is 2.22. The molecule has 5 heteroatoms. The third-order valence-electron chi connectivity index (χ3n) is 3.65. The molecule has 1 aliphatic heterocycles. The van der Waals surface area contributed by atoms with Gasteiger partial charge in [0.15, 0.2) is 0 Å². The Morgan fingerprint density at radius 3 is 2.81 bits per heavy atom. The van der Waals surface area contributed by atoms with Crippen molar-refractivity contribution in [2.45, 2.75) is 44.6 Å². The lowest BCUT2D eigenvalue weighted by molar-refractivity contribution is -0.122. The number of fused-ring (bicyclic) bond motifs is 1. The quantitative estimate of drug-likeness (QED) is 0.761. The van der Waals surface area contributed by atoms with Crippen molar-refractivity contribution in [1.82, 2.24) is 5.32 Å². The van der Waals surface area contributed by atoms with Crippen LogP contribution in [0.15, 0.2) is 24.3 Å². The summed E-state index contributed by atoms with van der Waals surface area (Å²) in [6, 6.07) is 8.03. The predicted octanol–water partition coefficient (Wildman–Crippen LogP) is 2.96. The van der Waals surface area contributed by atoms with E-state index in [0.29, 0.717) is 13.0 Å². The van der Waals surface area contributed by atoms with Gasteiger partial charge in [0.05, 0.1) is 12.6 Å². The van der Waals surface area contributed by atoms with E-state index in [-0.39, 0.29) is 24.4 Å². The molecule has 21 heavy (non-hydrogen) atoms. The number of hydrogen-bond donors (Lipinski definition) is 2. The summed E-state index contributed by atoms with van der Waals surface area (Å²) in [4.78, 5) is 12.0. The van der Waals surface area contributed by atoms with Crippen molar-refractivity contribution in [3.8, 4) is 5.75 Å². The minimum absolute atomic E-state index is 0. The molecule has 1 aromatic rings. The molecule has 1 aromatic carbocycles. The minimum Gasteiger partial charge on any atom is -0.493 e. The summed E-state index contributed by atoms with van der Waals surface area (Å²) in [7, 11) is 0. The highest BCUT2D eigenvalue weighted by atomic mass is 35.5. The topological polar surface area (TPSA) is 64.4 Å². The average Bonchev–Trinajstić information content (AvgIpc) is 2.47. The summed E-state index contributed by atoms with van der Waals surface area (Å²) in [5.41, 5.74) is 6.54. The van der Waals surface area contributed by atoms with Crippen molar-refractivity contribution < 1.29 is 9.53 Å². The monoisotopic (exact) mass is 312 g/mol. The Hall–Kier alpha value is -1.26. The SMILES string of the molecule is Cl.NCCCCCCC(=O)NC1CCOc2ccccc21. The molecule has 1 unspecified atom stereocenters. The van der Waals surface area contributed by atoms with Gasteiger partial charge in [0.25, 0.3) is 0 Å². The maximum absolute atomic E-state index is 12.0. The molecule has 0 aliphatic carbocycles. The van der Waals surface area contributed by atoms with Gasteiger partial charge < -0.3 is 15.8 Å². The first-order chi connectivity index (χ1) is 9.81. The van der Waals surface area contributed by atoms with Gasteiger partial charge in [-0.1, -0.05) is 31.0 Å². The zero-order valence-corrected chi connectivity index (χ0v) is 13.2. The fourth-order valence-electron chi connectivity index (χ4n) is 2.54. The number of hydrogen-bond acceptors (Lipinski definition) is 3. The third kappa shape index (κ3) is 5.56. The molecular weight excluding hydrogens is 288 g/mol. The summed E-state index contributed by atoms with van der Waals surface area (Å²) in [6.45, 7) is 1.41. The Morgan fingerprint density at radius 2 is 2.00 bits per heavy atom. The Morgan fingerprint density at radius 1 is 1.24 bits per heavy atom. The smallest absolute Gasteiger partial charge is 0.220 e. The number of unbranched alkanes of at least 4 members (excludes halogenated alkanes) is 3. The van der Waals surface area contributed by atoms with Gasteiger partial charge in [-0.2, -0.15) is 0 Å². The van der Waals surface area contributed by atoms with E-state index in [2.05, 4.69) is 5.32 Å². The summed E-state index contributed by atoms with van der Waals surface area (Å²) in [5, 5.41) is 3.12. The molecule has 0 aromatic heterocycles. The number of halogens is 1. The van der Waals surface area contributed by atoms with Crippen LogP contribution < -0.4 is 15.8 Å². The number of benzene rings is 1. The van der Waals surface area contributed by atoms with Crippen molar-refractivity contribution in [2.75, 3.05) is 13.2 Å². The van der Waals surface area contributed by atoms with E-state index in [1.54, 1.807) is 0 Å². The molecule has 1 amide bonds. The Bertz CT molecular complexity index is 440. The van der Waals surface area contributed by atoms with Crippen LogP contribution in [-0.4, -0.2) is 19.1 Å². The molecule has 0 saturated heterocycles. The number of ether oxygens (including phenoxy) is 1. The van der Waals surface area contributed by atoms with E-state index < -0.39 is 0 Å². The predicted molar refractivity (Wildman–Crippen MR) is 86.8 cm³/mol. The van der Waals surface area contributed by atoms with Crippen molar-refractivity contribution in [3.63, 3.8) is 0 Å². The van der Waals surface area contributed by atoms with Gasteiger partial charge in [-0.15, -0.1) is 12.4 Å². The van der Waals surface area contributed by atoms with Crippen LogP contribution in [0.25, 0.3) is 0 Å². The van der Waals surface area contributed by atoms with Crippen LogP contribution in [0.4, 0.5) is 0 Å². The molecule has 0 fully saturated rings. The van der Waals surface area contributed by atoms with Gasteiger partial charge in [0.2, 0.25) is 5.91 Å². The van der Waals surface area contributed by atoms with Crippen molar-refractivity contribution in [3.05, 3.63) is 29.8 Å². The molecule has 4 nitrogen and oxygen atoms in total. The second-order valence-electron chi connectivity index (χ2n) is 5.25. The second-order valence-corrected chi connectivity index (χ2v) is 5.25. The van der Waals surface area contributed by atoms with Crippen LogP contribution in [0.3, 0.4) is 0 Å². The van der Waals surface area contributed by atoms with E-state index in [1.165, 1.54) is 0 Å². The van der Waals surface area contributed by atoms with Gasteiger partial charge in [-0.05, 0) is 25.5 Å². The normalized spacial score (nSPS) is 16.3. The molecule has 2 rings (SSSR count). The number of rotatable bonds is 7. The van der Waals surface area contributed by atoms with Crippen LogP contribution in [0.1, 0.15) is 50.1 Å². The van der Waals surface area contributed by atoms with Crippen molar-refractivity contribution in [1.29, 1.82) is 0 Å². The molecule has 3 N–H and O–H groups in total. The molecule has 118 valence electrons. The summed E-state index contributed by atoms with van der Waals surface area (Å²) >= 11 is 0. The molecule has 1 heterocycles. The highest BCUT2D eigenvalue weighted by Crippen LogP contribution is 2.31. The van der Waals surface area contributed by atoms with Gasteiger partial charge in [0, 0.05) is 18.4 Å². The second kappa shape index (κ2) is 9.64. The number of nitrogens with one attached hydrogen (secondary N) is 1. The maximum atomic E-state index is 12.0. The minimum atomic E-state index is 0. The summed E-state index contributed by atoms with van der Waals surface area (Å²) < 4.78 is 5.60. The van der Waals surface area contributed by atoms with E-state index in [1.807, 2.05) is 24.3 Å². The Balaban J connectivity index is 0.00000220. The van der Waals surface area contributed by atoms with E-state index in [0.717, 1.165) is 50.0 Å². The number of carbonyl (C=O) groups is 1. The lowest BCUT2D eigenvalue weighted by Gasteiger charge is -2.26. The number of carbonyl (C=O) groups excluding carboxylic acids is 1. The van der Waals surface area contributed by atoms with Crippen LogP contribution in [0, 0.1) is 0 Å². The Kier molecular flexibility index (Phi) is 8.16. The zero-order valence-electron chi connectivity index (χ0n) is 12.3. The maximum Gasteiger partial charge on any atom is 0.220 e. The molecule has 0 spiro atoms. The van der Waals surface area contributed by atoms with Crippen LogP contribution in [0.5, 0.6) is 5.75 Å². The fraction of sp³-hybridized carbons (Fsp3) is 0.562. The third-order valence-corrected chi connectivity index (χ3v) is 3.65. The van der Waals surface area contributed by atoms with Gasteiger partial charge in [-0.25, -0.2) is 0 Å². The number of para-hydroxylation sites is 1. The standard InChI is InChI=1S/C16H24N2O2.ClH/c17-11-6-2-1-3-9-16(19)18-14-10-12-20-15-8-5-4-7-13(14)15;/h4-5,7-8,14H,1-3,6,9-12,17H2,(H,18,19);1H. The van der Waals surface area contributed by atoms with Crippen molar-refractivity contribution in [2.24, 2.45) is 5.73 Å². The van der Waals surface area contributed by atoms with E-state index in [4.69, 9.17) is 10.5 Å². The largest absolute Gasteiger partial charge is 0.493 e. The summed E-state index contributed by atoms with van der Waals surface area (Å²) in [5.74, 6) is 1.03. The molecule has 0 bridgehead atoms. The first kappa shape index (κ1) is 17.8. The molecule has 1 atom stereocenters. The van der Waals surface area contributed by atoms with Gasteiger partial charge in [0.1, 0.15) is 5.75 Å². The van der Waals surface area contributed by atoms with Crippen LogP contribution in [0.2, 0.25) is 0 Å².